The molecule has 1 heterocycles. The molecule has 1 fully saturated rings. The number of carbonyl (C=O) groups excluding carboxylic acids is 3. The first-order valence-electron chi connectivity index (χ1n) is 9.25. The molecule has 2 rings (SSSR count). The van der Waals surface area contributed by atoms with Crippen molar-refractivity contribution in [2.75, 3.05) is 18.4 Å². The molecule has 1 aliphatic heterocycles. The number of nitrogens with one attached hydrogen (secondary N) is 3. The van der Waals surface area contributed by atoms with E-state index < -0.39 is 0 Å². The number of anilines is 1. The Hall–Kier alpha value is -2.83. The Balaban J connectivity index is 1.87. The Kier molecular flexibility index (Phi) is 7.40. The summed E-state index contributed by atoms with van der Waals surface area (Å²) in [5.41, 5.74) is 1.40. The topological polar surface area (TPSA) is 90.5 Å². The van der Waals surface area contributed by atoms with Crippen LogP contribution in [0.3, 0.4) is 0 Å². The molecule has 0 spiro atoms. The molecule has 0 bridgehead atoms. The molecule has 4 amide bonds. The summed E-state index contributed by atoms with van der Waals surface area (Å²) in [6.07, 6.45) is 2.88. The Bertz CT molecular complexity index is 694. The number of para-hydroxylation sites is 1. The maximum atomic E-state index is 12.6. The van der Waals surface area contributed by atoms with Gasteiger partial charge in [-0.3, -0.25) is 9.59 Å². The summed E-state index contributed by atoms with van der Waals surface area (Å²) in [6, 6.07) is 7.26. The monoisotopic (exact) mass is 372 g/mol. The molecule has 0 unspecified atom stereocenters. The molecule has 0 aromatic heterocycles. The summed E-state index contributed by atoms with van der Waals surface area (Å²) >= 11 is 0. The van der Waals surface area contributed by atoms with E-state index >= 15 is 0 Å². The summed E-state index contributed by atoms with van der Waals surface area (Å²) < 4.78 is 0. The fraction of sp³-hybridized carbons (Fsp3) is 0.450. The van der Waals surface area contributed by atoms with Crippen LogP contribution in [0.5, 0.6) is 0 Å². The van der Waals surface area contributed by atoms with Crippen LogP contribution in [0.25, 0.3) is 0 Å². The molecule has 3 N–H and O–H groups in total. The van der Waals surface area contributed by atoms with E-state index in [1.165, 1.54) is 6.08 Å². The van der Waals surface area contributed by atoms with Gasteiger partial charge in [0, 0.05) is 30.9 Å². The van der Waals surface area contributed by atoms with Crippen LogP contribution in [0.15, 0.2) is 36.9 Å². The molecule has 146 valence electrons. The highest BCUT2D eigenvalue weighted by Crippen LogP contribution is 2.18. The van der Waals surface area contributed by atoms with Crippen LogP contribution in [-0.2, 0) is 16.0 Å². The normalized spacial score (nSPS) is 14.6. The number of hydrogen-bond donors (Lipinski definition) is 3. The van der Waals surface area contributed by atoms with E-state index in [1.807, 2.05) is 36.9 Å². The molecule has 0 saturated carbocycles. The number of rotatable bonds is 6. The van der Waals surface area contributed by atoms with E-state index in [0.717, 1.165) is 18.4 Å². The highest BCUT2D eigenvalue weighted by atomic mass is 16.2. The second kappa shape index (κ2) is 9.75. The molecular formula is C20H28N4O3. The molecule has 7 heteroatoms. The molecule has 0 atom stereocenters. The van der Waals surface area contributed by atoms with E-state index in [4.69, 9.17) is 0 Å². The molecular weight excluding hydrogens is 344 g/mol. The zero-order chi connectivity index (χ0) is 19.8. The molecule has 1 aromatic rings. The van der Waals surface area contributed by atoms with Gasteiger partial charge in [-0.05, 0) is 44.4 Å². The van der Waals surface area contributed by atoms with Gasteiger partial charge in [0.2, 0.25) is 11.8 Å². The van der Waals surface area contributed by atoms with Gasteiger partial charge in [0.15, 0.2) is 0 Å². The number of hydrogen-bond acceptors (Lipinski definition) is 3. The predicted octanol–water partition coefficient (Wildman–Crippen LogP) is 2.05. The largest absolute Gasteiger partial charge is 0.342 e. The summed E-state index contributed by atoms with van der Waals surface area (Å²) in [5.74, 6) is -0.290. The van der Waals surface area contributed by atoms with Gasteiger partial charge in [-0.15, -0.1) is 0 Å². The standard InChI is InChI=1S/C20H28N4O3/c1-4-18(25)23-17-8-6-5-7-15(17)13-19(26)24-11-9-16(10-12-24)22-20(27)21-14(2)3/h4-8,14,16H,1,9-13H2,2-3H3,(H,23,25)(H2,21,22,27). The van der Waals surface area contributed by atoms with E-state index in [9.17, 15) is 14.4 Å². The highest BCUT2D eigenvalue weighted by Gasteiger charge is 2.24. The number of carbonyl (C=O) groups is 3. The van der Waals surface area contributed by atoms with Gasteiger partial charge in [-0.1, -0.05) is 24.8 Å². The van der Waals surface area contributed by atoms with E-state index in [1.54, 1.807) is 6.07 Å². The number of amides is 4. The van der Waals surface area contributed by atoms with Gasteiger partial charge in [0.1, 0.15) is 0 Å². The fourth-order valence-corrected chi connectivity index (χ4v) is 3.02. The van der Waals surface area contributed by atoms with Crippen LogP contribution in [0.1, 0.15) is 32.3 Å². The Morgan fingerprint density at radius 1 is 1.22 bits per heavy atom. The van der Waals surface area contributed by atoms with Crippen molar-refractivity contribution in [3.05, 3.63) is 42.5 Å². The van der Waals surface area contributed by atoms with E-state index in [0.29, 0.717) is 18.8 Å². The lowest BCUT2D eigenvalue weighted by Gasteiger charge is -2.32. The summed E-state index contributed by atoms with van der Waals surface area (Å²) in [6.45, 7) is 8.48. The zero-order valence-electron chi connectivity index (χ0n) is 16.0. The quantitative estimate of drug-likeness (QED) is 0.668. The van der Waals surface area contributed by atoms with Crippen LogP contribution in [-0.4, -0.2) is 47.9 Å². The molecule has 1 saturated heterocycles. The number of benzene rings is 1. The first-order chi connectivity index (χ1) is 12.9. The van der Waals surface area contributed by atoms with Crippen LogP contribution in [0, 0.1) is 0 Å². The van der Waals surface area contributed by atoms with Gasteiger partial charge < -0.3 is 20.9 Å². The fourth-order valence-electron chi connectivity index (χ4n) is 3.02. The van der Waals surface area contributed by atoms with Crippen molar-refractivity contribution >= 4 is 23.5 Å². The van der Waals surface area contributed by atoms with Crippen molar-refractivity contribution in [2.24, 2.45) is 0 Å². The SMILES string of the molecule is C=CC(=O)Nc1ccccc1CC(=O)N1CCC(NC(=O)NC(C)C)CC1. The summed E-state index contributed by atoms with van der Waals surface area (Å²) in [4.78, 5) is 37.8. The van der Waals surface area contributed by atoms with E-state index in [-0.39, 0.29) is 36.3 Å². The molecule has 7 nitrogen and oxygen atoms in total. The van der Waals surface area contributed by atoms with Crippen LogP contribution >= 0.6 is 0 Å². The lowest BCUT2D eigenvalue weighted by molar-refractivity contribution is -0.131. The highest BCUT2D eigenvalue weighted by molar-refractivity contribution is 5.99. The summed E-state index contributed by atoms with van der Waals surface area (Å²) in [5, 5.41) is 8.49. The minimum Gasteiger partial charge on any atom is -0.342 e. The Morgan fingerprint density at radius 2 is 1.89 bits per heavy atom. The average Bonchev–Trinajstić information content (AvgIpc) is 2.63. The first-order valence-corrected chi connectivity index (χ1v) is 9.25. The average molecular weight is 372 g/mol. The van der Waals surface area contributed by atoms with Crippen molar-refractivity contribution in [1.82, 2.24) is 15.5 Å². The van der Waals surface area contributed by atoms with Crippen molar-refractivity contribution in [2.45, 2.75) is 45.2 Å². The van der Waals surface area contributed by atoms with Crippen molar-refractivity contribution in [3.8, 4) is 0 Å². The zero-order valence-corrected chi connectivity index (χ0v) is 16.0. The van der Waals surface area contributed by atoms with Crippen molar-refractivity contribution < 1.29 is 14.4 Å². The Labute approximate surface area is 160 Å². The van der Waals surface area contributed by atoms with Gasteiger partial charge in [-0.25, -0.2) is 4.79 Å². The molecule has 1 aromatic carbocycles. The smallest absolute Gasteiger partial charge is 0.315 e. The number of nitrogens with zero attached hydrogens (tertiary/aromatic N) is 1. The van der Waals surface area contributed by atoms with Crippen molar-refractivity contribution in [1.29, 1.82) is 0 Å². The predicted molar refractivity (Wildman–Crippen MR) is 105 cm³/mol. The van der Waals surface area contributed by atoms with E-state index in [2.05, 4.69) is 22.5 Å². The lowest BCUT2D eigenvalue weighted by Crippen LogP contribution is -2.50. The third kappa shape index (κ3) is 6.44. The molecule has 27 heavy (non-hydrogen) atoms. The van der Waals surface area contributed by atoms with Gasteiger partial charge in [0.05, 0.1) is 6.42 Å². The molecule has 1 aliphatic rings. The van der Waals surface area contributed by atoms with Crippen LogP contribution in [0.4, 0.5) is 10.5 Å². The second-order valence-corrected chi connectivity index (χ2v) is 6.95. The lowest BCUT2D eigenvalue weighted by atomic mass is 10.0. The number of urea groups is 1. The second-order valence-electron chi connectivity index (χ2n) is 6.95. The third-order valence-corrected chi connectivity index (χ3v) is 4.40. The third-order valence-electron chi connectivity index (χ3n) is 4.40. The number of likely N-dealkylation sites (tertiary alicyclic amines) is 1. The van der Waals surface area contributed by atoms with Gasteiger partial charge >= 0.3 is 6.03 Å². The Morgan fingerprint density at radius 3 is 2.52 bits per heavy atom. The minimum absolute atomic E-state index is 0.0142. The summed E-state index contributed by atoms with van der Waals surface area (Å²) in [7, 11) is 0. The van der Waals surface area contributed by atoms with Gasteiger partial charge in [-0.2, -0.15) is 0 Å². The number of piperidine rings is 1. The van der Waals surface area contributed by atoms with Gasteiger partial charge in [0.25, 0.3) is 0 Å². The maximum absolute atomic E-state index is 12.6. The van der Waals surface area contributed by atoms with Crippen LogP contribution < -0.4 is 16.0 Å². The first kappa shape index (κ1) is 20.5. The van der Waals surface area contributed by atoms with Crippen molar-refractivity contribution in [3.63, 3.8) is 0 Å². The molecule has 0 radical (unpaired) electrons. The minimum atomic E-state index is -0.304. The maximum Gasteiger partial charge on any atom is 0.315 e. The van der Waals surface area contributed by atoms with Crippen LogP contribution in [0.2, 0.25) is 0 Å². The molecule has 0 aliphatic carbocycles.